The van der Waals surface area contributed by atoms with Crippen LogP contribution in [0, 0.1) is 30.6 Å². The standard InChI is InChI=1S/C23H20N2O3/c1-13-4-2-3-5-18(13)24-21(26)14-8-10-17(11-9-14)25-22(27)19-15-6-7-16(12-15)20(19)23(25)28/h2-11,15-16,19-20H,12H2,1H3,(H,24,26)/t15-,16-,19-,20-/m0/s1. The highest BCUT2D eigenvalue weighted by atomic mass is 16.2. The molecule has 2 bridgehead atoms. The van der Waals surface area contributed by atoms with Crippen molar-refractivity contribution in [2.24, 2.45) is 23.7 Å². The molecule has 0 radical (unpaired) electrons. The number of hydrogen-bond acceptors (Lipinski definition) is 3. The number of amides is 3. The van der Waals surface area contributed by atoms with Gasteiger partial charge in [-0.3, -0.25) is 19.3 Å². The van der Waals surface area contributed by atoms with Gasteiger partial charge >= 0.3 is 0 Å². The van der Waals surface area contributed by atoms with Gasteiger partial charge in [0.25, 0.3) is 5.91 Å². The Labute approximate surface area is 163 Å². The van der Waals surface area contributed by atoms with E-state index in [2.05, 4.69) is 17.5 Å². The Morgan fingerprint density at radius 1 is 0.929 bits per heavy atom. The number of benzene rings is 2. The van der Waals surface area contributed by atoms with E-state index in [-0.39, 0.29) is 41.4 Å². The van der Waals surface area contributed by atoms with E-state index in [0.717, 1.165) is 17.7 Å². The smallest absolute Gasteiger partial charge is 0.255 e. The van der Waals surface area contributed by atoms with Crippen molar-refractivity contribution in [3.63, 3.8) is 0 Å². The summed E-state index contributed by atoms with van der Waals surface area (Å²) in [6.45, 7) is 1.93. The molecule has 5 rings (SSSR count). The van der Waals surface area contributed by atoms with Crippen LogP contribution in [-0.2, 0) is 9.59 Å². The molecule has 0 unspecified atom stereocenters. The molecule has 0 aromatic heterocycles. The van der Waals surface area contributed by atoms with Crippen molar-refractivity contribution >= 4 is 29.1 Å². The lowest BCUT2D eigenvalue weighted by atomic mass is 9.85. The number of rotatable bonds is 3. The van der Waals surface area contributed by atoms with Gasteiger partial charge in [0.15, 0.2) is 0 Å². The van der Waals surface area contributed by atoms with Crippen LogP contribution < -0.4 is 10.2 Å². The summed E-state index contributed by atoms with van der Waals surface area (Å²) in [5.74, 6) is -0.490. The van der Waals surface area contributed by atoms with Crippen LogP contribution in [0.5, 0.6) is 0 Å². The molecule has 2 aromatic rings. The highest BCUT2D eigenvalue weighted by Gasteiger charge is 2.59. The van der Waals surface area contributed by atoms with Gasteiger partial charge < -0.3 is 5.32 Å². The number of carbonyl (C=O) groups excluding carboxylic acids is 3. The molecule has 5 nitrogen and oxygen atoms in total. The maximum atomic E-state index is 12.9. The van der Waals surface area contributed by atoms with E-state index in [9.17, 15) is 14.4 Å². The summed E-state index contributed by atoms with van der Waals surface area (Å²) in [4.78, 5) is 39.6. The van der Waals surface area contributed by atoms with Crippen LogP contribution in [0.4, 0.5) is 11.4 Å². The molecule has 3 aliphatic rings. The molecule has 0 spiro atoms. The Hall–Kier alpha value is -3.21. The first-order valence-corrected chi connectivity index (χ1v) is 9.58. The second-order valence-corrected chi connectivity index (χ2v) is 7.83. The first-order chi connectivity index (χ1) is 13.5. The summed E-state index contributed by atoms with van der Waals surface area (Å²) in [7, 11) is 0. The normalized spacial score (nSPS) is 27.4. The minimum Gasteiger partial charge on any atom is -0.322 e. The fraction of sp³-hybridized carbons (Fsp3) is 0.261. The number of imide groups is 1. The van der Waals surface area contributed by atoms with Crippen LogP contribution in [-0.4, -0.2) is 17.7 Å². The molecule has 1 N–H and O–H groups in total. The lowest BCUT2D eigenvalue weighted by Gasteiger charge is -2.17. The Bertz CT molecular complexity index is 994. The van der Waals surface area contributed by atoms with Crippen molar-refractivity contribution < 1.29 is 14.4 Å². The van der Waals surface area contributed by atoms with Crippen molar-refractivity contribution in [2.45, 2.75) is 13.3 Å². The quantitative estimate of drug-likeness (QED) is 0.662. The maximum Gasteiger partial charge on any atom is 0.255 e. The van der Waals surface area contributed by atoms with Gasteiger partial charge in [-0.15, -0.1) is 0 Å². The molecule has 2 fully saturated rings. The van der Waals surface area contributed by atoms with Gasteiger partial charge in [0.1, 0.15) is 0 Å². The first kappa shape index (κ1) is 16.9. The van der Waals surface area contributed by atoms with Gasteiger partial charge in [0.05, 0.1) is 17.5 Å². The van der Waals surface area contributed by atoms with Gasteiger partial charge in [-0.05, 0) is 61.1 Å². The summed E-state index contributed by atoms with van der Waals surface area (Å²) < 4.78 is 0. The van der Waals surface area contributed by atoms with Crippen molar-refractivity contribution in [2.75, 3.05) is 10.2 Å². The number of carbonyl (C=O) groups is 3. The molecule has 1 saturated carbocycles. The largest absolute Gasteiger partial charge is 0.322 e. The third-order valence-electron chi connectivity index (χ3n) is 6.25. The van der Waals surface area contributed by atoms with Gasteiger partial charge in [0.2, 0.25) is 11.8 Å². The van der Waals surface area contributed by atoms with Gasteiger partial charge in [0, 0.05) is 11.3 Å². The second kappa shape index (κ2) is 6.16. The van der Waals surface area contributed by atoms with Crippen LogP contribution in [0.25, 0.3) is 0 Å². The van der Waals surface area contributed by atoms with Gasteiger partial charge in [-0.25, -0.2) is 0 Å². The Morgan fingerprint density at radius 2 is 1.54 bits per heavy atom. The van der Waals surface area contributed by atoms with E-state index >= 15 is 0 Å². The summed E-state index contributed by atoms with van der Waals surface area (Å²) in [5, 5.41) is 2.89. The Kier molecular flexibility index (Phi) is 3.72. The van der Waals surface area contributed by atoms with Crippen molar-refractivity contribution in [1.29, 1.82) is 0 Å². The third-order valence-corrected chi connectivity index (χ3v) is 6.25. The van der Waals surface area contributed by atoms with Crippen LogP contribution in [0.3, 0.4) is 0 Å². The highest BCUT2D eigenvalue weighted by Crippen LogP contribution is 2.53. The number of allylic oxidation sites excluding steroid dienone is 2. The number of fused-ring (bicyclic) bond motifs is 5. The third kappa shape index (κ3) is 2.43. The maximum absolute atomic E-state index is 12.9. The van der Waals surface area contributed by atoms with E-state index in [1.165, 1.54) is 4.90 Å². The number of hydrogen-bond donors (Lipinski definition) is 1. The van der Waals surface area contributed by atoms with Crippen LogP contribution in [0.2, 0.25) is 0 Å². The van der Waals surface area contributed by atoms with E-state index in [1.807, 2.05) is 31.2 Å². The lowest BCUT2D eigenvalue weighted by Crippen LogP contribution is -2.32. The van der Waals surface area contributed by atoms with Crippen LogP contribution >= 0.6 is 0 Å². The van der Waals surface area contributed by atoms with Crippen molar-refractivity contribution in [3.05, 3.63) is 71.8 Å². The first-order valence-electron chi connectivity index (χ1n) is 9.58. The van der Waals surface area contributed by atoms with Crippen LogP contribution in [0.15, 0.2) is 60.7 Å². The highest BCUT2D eigenvalue weighted by molar-refractivity contribution is 6.23. The fourth-order valence-electron chi connectivity index (χ4n) is 4.83. The number of anilines is 2. The van der Waals surface area contributed by atoms with Crippen LogP contribution in [0.1, 0.15) is 22.3 Å². The summed E-state index contributed by atoms with van der Waals surface area (Å²) in [5.41, 5.74) is 2.76. The zero-order valence-electron chi connectivity index (χ0n) is 15.5. The number of nitrogens with one attached hydrogen (secondary N) is 1. The van der Waals surface area contributed by atoms with Crippen molar-refractivity contribution in [1.82, 2.24) is 0 Å². The number of nitrogens with zero attached hydrogens (tertiary/aromatic N) is 1. The summed E-state index contributed by atoms with van der Waals surface area (Å²) in [6.07, 6.45) is 5.08. The molecular weight excluding hydrogens is 352 g/mol. The van der Waals surface area contributed by atoms with E-state index in [0.29, 0.717) is 11.3 Å². The molecule has 28 heavy (non-hydrogen) atoms. The van der Waals surface area contributed by atoms with Crippen molar-refractivity contribution in [3.8, 4) is 0 Å². The van der Waals surface area contributed by atoms with Gasteiger partial charge in [-0.1, -0.05) is 30.4 Å². The molecule has 1 heterocycles. The molecule has 2 aromatic carbocycles. The Morgan fingerprint density at radius 3 is 2.14 bits per heavy atom. The number of aryl methyl sites for hydroxylation is 1. The zero-order chi connectivity index (χ0) is 19.4. The average Bonchev–Trinajstić information content (AvgIpc) is 3.38. The second-order valence-electron chi connectivity index (χ2n) is 7.83. The molecule has 1 aliphatic heterocycles. The van der Waals surface area contributed by atoms with E-state index < -0.39 is 0 Å². The minimum absolute atomic E-state index is 0.107. The van der Waals surface area contributed by atoms with E-state index in [1.54, 1.807) is 24.3 Å². The Balaban J connectivity index is 1.36. The fourth-order valence-corrected chi connectivity index (χ4v) is 4.83. The zero-order valence-corrected chi connectivity index (χ0v) is 15.5. The molecule has 5 heteroatoms. The molecule has 4 atom stereocenters. The minimum atomic E-state index is -0.223. The summed E-state index contributed by atoms with van der Waals surface area (Å²) >= 11 is 0. The topological polar surface area (TPSA) is 66.5 Å². The predicted molar refractivity (Wildman–Crippen MR) is 106 cm³/mol. The molecule has 2 aliphatic carbocycles. The average molecular weight is 372 g/mol. The monoisotopic (exact) mass is 372 g/mol. The molecule has 3 amide bonds. The predicted octanol–water partition coefficient (Wildman–Crippen LogP) is 3.56. The molecule has 140 valence electrons. The van der Waals surface area contributed by atoms with Gasteiger partial charge in [-0.2, -0.15) is 0 Å². The molecule has 1 saturated heterocycles. The molecular formula is C23H20N2O3. The summed E-state index contributed by atoms with van der Waals surface area (Å²) in [6, 6.07) is 14.2. The SMILES string of the molecule is Cc1ccccc1NC(=O)c1ccc(N2C(=O)[C@@H]3[C@@H](C2=O)[C@H]2C=C[C@H]3C2)cc1. The van der Waals surface area contributed by atoms with E-state index in [4.69, 9.17) is 0 Å². The lowest BCUT2D eigenvalue weighted by molar-refractivity contribution is -0.123. The number of para-hydroxylation sites is 1.